The monoisotopic (exact) mass is 482 g/mol. The second-order valence-corrected chi connectivity index (χ2v) is 9.00. The van der Waals surface area contributed by atoms with Crippen LogP contribution in [0.5, 0.6) is 0 Å². The van der Waals surface area contributed by atoms with E-state index >= 15 is 0 Å². The van der Waals surface area contributed by atoms with Gasteiger partial charge >= 0.3 is 0 Å². The number of H-pyrrole nitrogens is 1. The van der Waals surface area contributed by atoms with E-state index < -0.39 is 10.1 Å². The Kier molecular flexibility index (Phi) is 7.30. The summed E-state index contributed by atoms with van der Waals surface area (Å²) in [6.45, 7) is 0. The number of nitrogens with one attached hydrogen (secondary N) is 1. The summed E-state index contributed by atoms with van der Waals surface area (Å²) in [7, 11) is -4.20. The van der Waals surface area contributed by atoms with Crippen LogP contribution in [0.4, 0.5) is 0 Å². The Labute approximate surface area is 203 Å². The number of imidazole rings is 1. The maximum Gasteiger partial charge on any atom is 0.294 e. The van der Waals surface area contributed by atoms with Crippen molar-refractivity contribution in [3.05, 3.63) is 126 Å². The molecule has 5 rings (SSSR count). The highest BCUT2D eigenvalue weighted by atomic mass is 32.2. The standard InChI is InChI=1S/C15H12O.C13H10N2O3S/c16-15(14-9-5-2-6-10-14)12-11-13-7-3-1-4-8-13;16-19(17,18)10-6-7-11-12(8-10)15-13(14-11)9-4-2-1-3-5-9/h1-12H;1-8H,(H,14,15)(H,16,17,18). The molecule has 0 amide bonds. The summed E-state index contributed by atoms with van der Waals surface area (Å²) in [5, 5.41) is 0. The van der Waals surface area contributed by atoms with Crippen molar-refractivity contribution in [3.8, 4) is 11.4 Å². The number of nitrogens with zero attached hydrogens (tertiary/aromatic N) is 1. The van der Waals surface area contributed by atoms with Gasteiger partial charge in [-0.15, -0.1) is 0 Å². The number of ketones is 1. The molecular formula is C28H22N2O4S. The van der Waals surface area contributed by atoms with Crippen LogP contribution < -0.4 is 0 Å². The summed E-state index contributed by atoms with van der Waals surface area (Å²) in [6, 6.07) is 32.8. The van der Waals surface area contributed by atoms with Crippen LogP contribution in [0.25, 0.3) is 28.5 Å². The number of allylic oxidation sites excluding steroid dienone is 1. The number of carbonyl (C=O) groups excluding carboxylic acids is 1. The third-order valence-electron chi connectivity index (χ3n) is 5.08. The fourth-order valence-corrected chi connectivity index (χ4v) is 3.82. The SMILES string of the molecule is O=C(C=Cc1ccccc1)c1ccccc1.O=S(=O)(O)c1ccc2nc(-c3ccccc3)[nH]c2c1. The quantitative estimate of drug-likeness (QED) is 0.180. The van der Waals surface area contributed by atoms with Crippen molar-refractivity contribution in [1.29, 1.82) is 0 Å². The first kappa shape index (κ1) is 23.8. The van der Waals surface area contributed by atoms with Crippen molar-refractivity contribution in [2.45, 2.75) is 4.90 Å². The van der Waals surface area contributed by atoms with Crippen LogP contribution in [0.1, 0.15) is 15.9 Å². The number of aromatic nitrogens is 2. The minimum atomic E-state index is -4.20. The van der Waals surface area contributed by atoms with Crippen molar-refractivity contribution in [2.24, 2.45) is 0 Å². The molecule has 7 heteroatoms. The Morgan fingerprint density at radius 2 is 1.40 bits per heavy atom. The van der Waals surface area contributed by atoms with Gasteiger partial charge in [0.2, 0.25) is 0 Å². The summed E-state index contributed by atoms with van der Waals surface area (Å²) in [6.07, 6.45) is 3.43. The van der Waals surface area contributed by atoms with Gasteiger partial charge in [0.1, 0.15) is 5.82 Å². The summed E-state index contributed by atoms with van der Waals surface area (Å²) >= 11 is 0. The molecule has 174 valence electrons. The Hall–Kier alpha value is -4.33. The van der Waals surface area contributed by atoms with E-state index in [0.717, 1.165) is 16.7 Å². The van der Waals surface area contributed by atoms with Gasteiger partial charge in [-0.1, -0.05) is 97.1 Å². The Morgan fingerprint density at radius 1 is 0.800 bits per heavy atom. The predicted molar refractivity (Wildman–Crippen MR) is 138 cm³/mol. The minimum absolute atomic E-state index is 0.0319. The van der Waals surface area contributed by atoms with E-state index in [-0.39, 0.29) is 10.7 Å². The van der Waals surface area contributed by atoms with Crippen molar-refractivity contribution in [1.82, 2.24) is 9.97 Å². The zero-order valence-electron chi connectivity index (χ0n) is 18.6. The molecule has 4 aromatic carbocycles. The third kappa shape index (κ3) is 6.38. The van der Waals surface area contributed by atoms with Gasteiger partial charge in [-0.2, -0.15) is 8.42 Å². The van der Waals surface area contributed by atoms with Gasteiger partial charge in [0.15, 0.2) is 5.78 Å². The Morgan fingerprint density at radius 3 is 2.03 bits per heavy atom. The molecule has 0 aliphatic carbocycles. The van der Waals surface area contributed by atoms with Gasteiger partial charge in [0, 0.05) is 11.1 Å². The van der Waals surface area contributed by atoms with E-state index in [1.54, 1.807) is 12.1 Å². The lowest BCUT2D eigenvalue weighted by molar-refractivity contribution is 0.104. The fraction of sp³-hybridized carbons (Fsp3) is 0. The molecule has 6 nitrogen and oxygen atoms in total. The van der Waals surface area contributed by atoms with Crippen LogP contribution in [0.3, 0.4) is 0 Å². The number of hydrogen-bond acceptors (Lipinski definition) is 4. The molecule has 2 N–H and O–H groups in total. The fourth-order valence-electron chi connectivity index (χ4n) is 3.32. The number of rotatable bonds is 5. The van der Waals surface area contributed by atoms with Gasteiger partial charge in [-0.05, 0) is 29.8 Å². The second-order valence-electron chi connectivity index (χ2n) is 7.58. The van der Waals surface area contributed by atoms with Crippen LogP contribution in [0.2, 0.25) is 0 Å². The van der Waals surface area contributed by atoms with Crippen LogP contribution >= 0.6 is 0 Å². The molecule has 0 aliphatic rings. The summed E-state index contributed by atoms with van der Waals surface area (Å²) in [5.74, 6) is 0.688. The van der Waals surface area contributed by atoms with Gasteiger partial charge in [0.25, 0.3) is 10.1 Å². The topological polar surface area (TPSA) is 100 Å². The first-order valence-electron chi connectivity index (χ1n) is 10.8. The number of benzene rings is 4. The zero-order valence-corrected chi connectivity index (χ0v) is 19.4. The molecule has 35 heavy (non-hydrogen) atoms. The number of fused-ring (bicyclic) bond motifs is 1. The Bertz CT molecular complexity index is 1560. The largest absolute Gasteiger partial charge is 0.338 e. The molecule has 0 atom stereocenters. The molecule has 0 saturated heterocycles. The average molecular weight is 483 g/mol. The van der Waals surface area contributed by atoms with Crippen LogP contribution in [-0.4, -0.2) is 28.7 Å². The maximum atomic E-state index is 11.7. The lowest BCUT2D eigenvalue weighted by Gasteiger charge is -1.95. The predicted octanol–water partition coefficient (Wildman–Crippen LogP) is 6.06. The van der Waals surface area contributed by atoms with Crippen molar-refractivity contribution >= 4 is 33.0 Å². The minimum Gasteiger partial charge on any atom is -0.338 e. The first-order chi connectivity index (χ1) is 16.9. The number of carbonyl (C=O) groups is 1. The highest BCUT2D eigenvalue weighted by Gasteiger charge is 2.12. The van der Waals surface area contributed by atoms with Crippen molar-refractivity contribution in [3.63, 3.8) is 0 Å². The molecule has 5 aromatic rings. The van der Waals surface area contributed by atoms with E-state index in [2.05, 4.69) is 9.97 Å². The zero-order chi connectivity index (χ0) is 24.7. The van der Waals surface area contributed by atoms with E-state index in [0.29, 0.717) is 16.9 Å². The molecule has 0 radical (unpaired) electrons. The summed E-state index contributed by atoms with van der Waals surface area (Å²) < 4.78 is 31.2. The molecule has 0 bridgehead atoms. The van der Waals surface area contributed by atoms with Crippen LogP contribution in [0.15, 0.2) is 120 Å². The van der Waals surface area contributed by atoms with E-state index in [1.807, 2.05) is 97.1 Å². The first-order valence-corrected chi connectivity index (χ1v) is 12.2. The second kappa shape index (κ2) is 10.7. The van der Waals surface area contributed by atoms with Crippen LogP contribution in [0, 0.1) is 0 Å². The summed E-state index contributed by atoms with van der Waals surface area (Å²) in [4.78, 5) is 19.0. The summed E-state index contributed by atoms with van der Waals surface area (Å²) in [5.41, 5.74) is 3.87. The Balaban J connectivity index is 0.000000168. The lowest BCUT2D eigenvalue weighted by atomic mass is 10.1. The van der Waals surface area contributed by atoms with E-state index in [9.17, 15) is 13.2 Å². The van der Waals surface area contributed by atoms with Gasteiger partial charge < -0.3 is 4.98 Å². The van der Waals surface area contributed by atoms with Crippen molar-refractivity contribution < 1.29 is 17.8 Å². The van der Waals surface area contributed by atoms with Gasteiger partial charge in [-0.25, -0.2) is 4.98 Å². The number of aromatic amines is 1. The van der Waals surface area contributed by atoms with E-state index in [4.69, 9.17) is 4.55 Å². The number of hydrogen-bond donors (Lipinski definition) is 2. The highest BCUT2D eigenvalue weighted by Crippen LogP contribution is 2.22. The molecule has 0 unspecified atom stereocenters. The van der Waals surface area contributed by atoms with Gasteiger partial charge in [-0.3, -0.25) is 9.35 Å². The molecule has 0 fully saturated rings. The third-order valence-corrected chi connectivity index (χ3v) is 5.93. The van der Waals surface area contributed by atoms with E-state index in [1.165, 1.54) is 12.1 Å². The van der Waals surface area contributed by atoms with Crippen molar-refractivity contribution in [2.75, 3.05) is 0 Å². The molecule has 1 aromatic heterocycles. The normalized spacial score (nSPS) is 11.2. The highest BCUT2D eigenvalue weighted by molar-refractivity contribution is 7.85. The molecule has 0 spiro atoms. The molecule has 0 aliphatic heterocycles. The van der Waals surface area contributed by atoms with Gasteiger partial charge in [0.05, 0.1) is 15.9 Å². The molecule has 1 heterocycles. The average Bonchev–Trinajstić information content (AvgIpc) is 3.33. The smallest absolute Gasteiger partial charge is 0.294 e. The molecular weight excluding hydrogens is 460 g/mol. The molecule has 0 saturated carbocycles. The maximum absolute atomic E-state index is 11.7. The van der Waals surface area contributed by atoms with Crippen LogP contribution in [-0.2, 0) is 10.1 Å². The lowest BCUT2D eigenvalue weighted by Crippen LogP contribution is -1.97.